The van der Waals surface area contributed by atoms with Crippen LogP contribution in [-0.4, -0.2) is 48.2 Å². The third-order valence-electron chi connectivity index (χ3n) is 5.42. The number of anilines is 1. The standard InChI is InChI=1S/C21H24N4O8/c1-12-5-18(16-9-19(31-2)20(32-3)10-17(16)22-12)23(21(26)33-4)11-13-6-14(24(27)28)8-15(7-13)25(29)30/h6-10,12,18,22H,5,11H2,1-4H3. The molecule has 0 fully saturated rings. The molecule has 1 N–H and O–H groups in total. The summed E-state index contributed by atoms with van der Waals surface area (Å²) in [6, 6.07) is 6.29. The van der Waals surface area contributed by atoms with Crippen molar-refractivity contribution in [1.29, 1.82) is 0 Å². The van der Waals surface area contributed by atoms with Crippen molar-refractivity contribution in [3.05, 3.63) is 61.7 Å². The predicted octanol–water partition coefficient (Wildman–Crippen LogP) is 4.03. The van der Waals surface area contributed by atoms with Gasteiger partial charge in [-0.2, -0.15) is 0 Å². The van der Waals surface area contributed by atoms with Gasteiger partial charge in [0, 0.05) is 35.5 Å². The molecule has 1 heterocycles. The SMILES string of the molecule is COC(=O)N(Cc1cc([N+](=O)[O-])cc([N+](=O)[O-])c1)C1CC(C)Nc2cc(OC)c(OC)cc21. The zero-order chi connectivity index (χ0) is 24.3. The molecule has 0 radical (unpaired) electrons. The zero-order valence-corrected chi connectivity index (χ0v) is 18.6. The molecule has 2 unspecified atom stereocenters. The van der Waals surface area contributed by atoms with Crippen LogP contribution in [0.5, 0.6) is 11.5 Å². The van der Waals surface area contributed by atoms with E-state index in [-0.39, 0.29) is 18.2 Å². The van der Waals surface area contributed by atoms with Crippen LogP contribution in [0, 0.1) is 20.2 Å². The first-order valence-electron chi connectivity index (χ1n) is 9.98. The number of fused-ring (bicyclic) bond motifs is 1. The molecule has 12 nitrogen and oxygen atoms in total. The van der Waals surface area contributed by atoms with Gasteiger partial charge in [-0.05, 0) is 25.0 Å². The lowest BCUT2D eigenvalue weighted by Crippen LogP contribution is -2.39. The number of nitrogens with zero attached hydrogens (tertiary/aromatic N) is 3. The number of rotatable bonds is 7. The van der Waals surface area contributed by atoms with Crippen molar-refractivity contribution in [1.82, 2.24) is 4.90 Å². The number of hydrogen-bond acceptors (Lipinski definition) is 9. The summed E-state index contributed by atoms with van der Waals surface area (Å²) >= 11 is 0. The lowest BCUT2D eigenvalue weighted by molar-refractivity contribution is -0.394. The molecule has 176 valence electrons. The Bertz CT molecular complexity index is 1060. The molecule has 3 rings (SSSR count). The van der Waals surface area contributed by atoms with E-state index in [2.05, 4.69) is 5.32 Å². The number of nitro benzene ring substituents is 2. The van der Waals surface area contributed by atoms with E-state index in [1.54, 1.807) is 12.1 Å². The van der Waals surface area contributed by atoms with E-state index in [0.717, 1.165) is 17.3 Å². The van der Waals surface area contributed by atoms with Gasteiger partial charge in [0.1, 0.15) is 0 Å². The lowest BCUT2D eigenvalue weighted by Gasteiger charge is -2.38. The first-order chi connectivity index (χ1) is 15.7. The summed E-state index contributed by atoms with van der Waals surface area (Å²) in [6.07, 6.45) is -0.182. The highest BCUT2D eigenvalue weighted by Crippen LogP contribution is 2.43. The summed E-state index contributed by atoms with van der Waals surface area (Å²) in [5.41, 5.74) is 0.824. The van der Waals surface area contributed by atoms with Gasteiger partial charge >= 0.3 is 6.09 Å². The quantitative estimate of drug-likeness (QED) is 0.478. The molecule has 0 saturated carbocycles. The maximum Gasteiger partial charge on any atom is 0.410 e. The molecule has 0 bridgehead atoms. The van der Waals surface area contributed by atoms with E-state index in [1.165, 1.54) is 38.4 Å². The van der Waals surface area contributed by atoms with E-state index in [4.69, 9.17) is 14.2 Å². The fourth-order valence-electron chi connectivity index (χ4n) is 3.95. The number of ether oxygens (including phenoxy) is 3. The number of benzene rings is 2. The summed E-state index contributed by atoms with van der Waals surface area (Å²) in [5, 5.41) is 25.9. The molecule has 0 saturated heterocycles. The number of methoxy groups -OCH3 is 3. The molecule has 0 spiro atoms. The fraction of sp³-hybridized carbons (Fsp3) is 0.381. The van der Waals surface area contributed by atoms with Crippen LogP contribution in [0.25, 0.3) is 0 Å². The first kappa shape index (κ1) is 23.6. The topological polar surface area (TPSA) is 146 Å². The zero-order valence-electron chi connectivity index (χ0n) is 18.6. The Hall–Kier alpha value is -4.09. The third kappa shape index (κ3) is 4.89. The summed E-state index contributed by atoms with van der Waals surface area (Å²) in [4.78, 5) is 35.4. The van der Waals surface area contributed by atoms with Crippen LogP contribution in [0.15, 0.2) is 30.3 Å². The Morgan fingerprint density at radius 1 is 1.03 bits per heavy atom. The molecular formula is C21H24N4O8. The molecule has 1 aliphatic heterocycles. The van der Waals surface area contributed by atoms with Gasteiger partial charge in [0.2, 0.25) is 0 Å². The molecule has 0 aromatic heterocycles. The smallest absolute Gasteiger partial charge is 0.410 e. The van der Waals surface area contributed by atoms with E-state index >= 15 is 0 Å². The van der Waals surface area contributed by atoms with Gasteiger partial charge in [0.05, 0.1) is 49.8 Å². The average Bonchev–Trinajstić information content (AvgIpc) is 2.80. The van der Waals surface area contributed by atoms with Gasteiger partial charge in [-0.15, -0.1) is 0 Å². The summed E-state index contributed by atoms with van der Waals surface area (Å²) in [6.45, 7) is 1.81. The highest BCUT2D eigenvalue weighted by molar-refractivity contribution is 5.71. The van der Waals surface area contributed by atoms with Crippen LogP contribution in [0.3, 0.4) is 0 Å². The maximum absolute atomic E-state index is 12.8. The normalized spacial score (nSPS) is 16.7. The Balaban J connectivity index is 2.09. The summed E-state index contributed by atoms with van der Waals surface area (Å²) < 4.78 is 15.8. The molecule has 1 amide bonds. The van der Waals surface area contributed by atoms with Crippen LogP contribution in [0.4, 0.5) is 21.9 Å². The van der Waals surface area contributed by atoms with E-state index < -0.39 is 33.4 Å². The predicted molar refractivity (Wildman–Crippen MR) is 118 cm³/mol. The minimum Gasteiger partial charge on any atom is -0.493 e. The molecule has 1 aliphatic rings. The van der Waals surface area contributed by atoms with Crippen LogP contribution >= 0.6 is 0 Å². The molecule has 0 aliphatic carbocycles. The second kappa shape index (κ2) is 9.59. The minimum atomic E-state index is -0.710. The van der Waals surface area contributed by atoms with Crippen LogP contribution in [0.1, 0.15) is 30.5 Å². The molecule has 2 aromatic rings. The summed E-state index contributed by atoms with van der Waals surface area (Å²) in [5.74, 6) is 0.976. The van der Waals surface area contributed by atoms with Gasteiger partial charge in [-0.1, -0.05) is 0 Å². The number of carbonyl (C=O) groups is 1. The van der Waals surface area contributed by atoms with Crippen LogP contribution in [-0.2, 0) is 11.3 Å². The van der Waals surface area contributed by atoms with Crippen molar-refractivity contribution < 1.29 is 28.9 Å². The van der Waals surface area contributed by atoms with Crippen molar-refractivity contribution in [2.75, 3.05) is 26.6 Å². The number of non-ortho nitro benzene ring substituents is 2. The fourth-order valence-corrected chi connectivity index (χ4v) is 3.95. The molecular weight excluding hydrogens is 436 g/mol. The molecule has 33 heavy (non-hydrogen) atoms. The van der Waals surface area contributed by atoms with Gasteiger partial charge in [0.15, 0.2) is 11.5 Å². The van der Waals surface area contributed by atoms with E-state index in [9.17, 15) is 25.0 Å². The Labute approximate surface area is 189 Å². The Morgan fingerprint density at radius 2 is 1.61 bits per heavy atom. The highest BCUT2D eigenvalue weighted by Gasteiger charge is 2.34. The van der Waals surface area contributed by atoms with Gasteiger partial charge in [-0.25, -0.2) is 4.79 Å². The van der Waals surface area contributed by atoms with Gasteiger partial charge < -0.3 is 19.5 Å². The number of carbonyl (C=O) groups excluding carboxylic acids is 1. The van der Waals surface area contributed by atoms with Gasteiger partial charge in [0.25, 0.3) is 11.4 Å². The van der Waals surface area contributed by atoms with Crippen molar-refractivity contribution in [3.8, 4) is 11.5 Å². The van der Waals surface area contributed by atoms with Gasteiger partial charge in [-0.3, -0.25) is 25.1 Å². The largest absolute Gasteiger partial charge is 0.493 e. The second-order valence-electron chi connectivity index (χ2n) is 7.56. The van der Waals surface area contributed by atoms with Crippen molar-refractivity contribution in [2.24, 2.45) is 0 Å². The van der Waals surface area contributed by atoms with Crippen LogP contribution in [0.2, 0.25) is 0 Å². The Morgan fingerprint density at radius 3 is 2.12 bits per heavy atom. The summed E-state index contributed by atoms with van der Waals surface area (Å²) in [7, 11) is 4.24. The number of amides is 1. The van der Waals surface area contributed by atoms with E-state index in [0.29, 0.717) is 17.9 Å². The third-order valence-corrected chi connectivity index (χ3v) is 5.42. The lowest BCUT2D eigenvalue weighted by atomic mass is 9.91. The first-order valence-corrected chi connectivity index (χ1v) is 9.98. The number of nitrogens with one attached hydrogen (secondary N) is 1. The molecule has 2 atom stereocenters. The Kier molecular flexibility index (Phi) is 6.85. The highest BCUT2D eigenvalue weighted by atomic mass is 16.6. The van der Waals surface area contributed by atoms with Crippen molar-refractivity contribution >= 4 is 23.2 Å². The van der Waals surface area contributed by atoms with Crippen molar-refractivity contribution in [3.63, 3.8) is 0 Å². The number of nitro groups is 2. The molecule has 12 heteroatoms. The van der Waals surface area contributed by atoms with Crippen LogP contribution < -0.4 is 14.8 Å². The minimum absolute atomic E-state index is 0.0350. The van der Waals surface area contributed by atoms with Crippen molar-refractivity contribution in [2.45, 2.75) is 32.0 Å². The monoisotopic (exact) mass is 460 g/mol. The maximum atomic E-state index is 12.8. The molecule has 2 aromatic carbocycles. The average molecular weight is 460 g/mol. The second-order valence-corrected chi connectivity index (χ2v) is 7.56. The van der Waals surface area contributed by atoms with E-state index in [1.807, 2.05) is 6.92 Å². The number of hydrogen-bond donors (Lipinski definition) is 1.